The van der Waals surface area contributed by atoms with Gasteiger partial charge in [0, 0.05) is 34.8 Å². The highest BCUT2D eigenvalue weighted by molar-refractivity contribution is 9.10. The molecule has 0 saturated heterocycles. The fourth-order valence-corrected chi connectivity index (χ4v) is 2.89. The highest BCUT2D eigenvalue weighted by atomic mass is 79.9. The van der Waals surface area contributed by atoms with E-state index in [4.69, 9.17) is 10.2 Å². The zero-order valence-electron chi connectivity index (χ0n) is 10.3. The summed E-state index contributed by atoms with van der Waals surface area (Å²) in [6, 6.07) is 0.344. The van der Waals surface area contributed by atoms with Gasteiger partial charge in [-0.05, 0) is 22.0 Å². The normalized spacial score (nSPS) is 11.9. The van der Waals surface area contributed by atoms with Crippen LogP contribution in [-0.2, 0) is 11.3 Å². The number of aliphatic hydroxyl groups is 1. The van der Waals surface area contributed by atoms with Crippen LogP contribution in [0, 0.1) is 0 Å². The molecule has 3 N–H and O–H groups in total. The third kappa shape index (κ3) is 5.17. The molecule has 0 saturated carbocycles. The molecule has 0 fully saturated rings. The summed E-state index contributed by atoms with van der Waals surface area (Å²) in [7, 11) is 1.58. The average Bonchev–Trinajstić information content (AvgIpc) is 2.73. The minimum atomic E-state index is -1.16. The molecule has 0 bridgehead atoms. The molecule has 1 aromatic rings. The van der Waals surface area contributed by atoms with Gasteiger partial charge in [0.2, 0.25) is 0 Å². The van der Waals surface area contributed by atoms with Crippen molar-refractivity contribution in [2.75, 3.05) is 13.7 Å². The summed E-state index contributed by atoms with van der Waals surface area (Å²) in [5.74, 6) is -1.16. The SMILES string of the molecule is CN(Cc1cc(Br)cs1)C(=O)N[C@@H](CCO)C(=O)O. The number of thiophene rings is 1. The van der Waals surface area contributed by atoms with Crippen molar-refractivity contribution in [2.24, 2.45) is 0 Å². The van der Waals surface area contributed by atoms with E-state index in [0.717, 1.165) is 9.35 Å². The molecule has 0 aliphatic carbocycles. The predicted octanol–water partition coefficient (Wildman–Crippen LogP) is 1.49. The van der Waals surface area contributed by atoms with Crippen molar-refractivity contribution in [1.29, 1.82) is 0 Å². The molecule has 2 amide bonds. The molecule has 0 aromatic carbocycles. The van der Waals surface area contributed by atoms with Gasteiger partial charge in [0.25, 0.3) is 0 Å². The number of aliphatic hydroxyl groups excluding tert-OH is 1. The Hall–Kier alpha value is -1.12. The van der Waals surface area contributed by atoms with Gasteiger partial charge in [-0.15, -0.1) is 11.3 Å². The molecule has 1 rings (SSSR count). The van der Waals surface area contributed by atoms with E-state index in [1.807, 2.05) is 11.4 Å². The lowest BCUT2D eigenvalue weighted by Gasteiger charge is -2.20. The Balaban J connectivity index is 2.54. The van der Waals surface area contributed by atoms with Crippen LogP contribution >= 0.6 is 27.3 Å². The number of aliphatic carboxylic acids is 1. The summed E-state index contributed by atoms with van der Waals surface area (Å²) in [5, 5.41) is 21.9. The van der Waals surface area contributed by atoms with Crippen LogP contribution in [0.4, 0.5) is 4.79 Å². The van der Waals surface area contributed by atoms with E-state index in [9.17, 15) is 9.59 Å². The minimum absolute atomic E-state index is 0.0144. The van der Waals surface area contributed by atoms with Crippen molar-refractivity contribution in [1.82, 2.24) is 10.2 Å². The fraction of sp³-hybridized carbons (Fsp3) is 0.455. The van der Waals surface area contributed by atoms with Crippen LogP contribution in [-0.4, -0.2) is 46.8 Å². The zero-order valence-corrected chi connectivity index (χ0v) is 12.7. The van der Waals surface area contributed by atoms with Gasteiger partial charge < -0.3 is 20.4 Å². The third-order valence-electron chi connectivity index (χ3n) is 2.38. The molecule has 0 unspecified atom stereocenters. The lowest BCUT2D eigenvalue weighted by Crippen LogP contribution is -2.46. The highest BCUT2D eigenvalue weighted by Gasteiger charge is 2.21. The van der Waals surface area contributed by atoms with Crippen LogP contribution in [0.1, 0.15) is 11.3 Å². The summed E-state index contributed by atoms with van der Waals surface area (Å²) < 4.78 is 0.949. The van der Waals surface area contributed by atoms with E-state index in [1.165, 1.54) is 16.2 Å². The summed E-state index contributed by atoms with van der Waals surface area (Å²) in [6.45, 7) is 0.104. The number of hydrogen-bond acceptors (Lipinski definition) is 4. The second-order valence-corrected chi connectivity index (χ2v) is 5.85. The largest absolute Gasteiger partial charge is 0.480 e. The number of halogens is 1. The topological polar surface area (TPSA) is 89.9 Å². The van der Waals surface area contributed by atoms with E-state index in [0.29, 0.717) is 6.54 Å². The quantitative estimate of drug-likeness (QED) is 0.724. The maximum atomic E-state index is 11.8. The fourth-order valence-electron chi connectivity index (χ4n) is 1.39. The Morgan fingerprint density at radius 1 is 1.58 bits per heavy atom. The molecule has 0 aliphatic heterocycles. The van der Waals surface area contributed by atoms with Crippen LogP contribution in [0.25, 0.3) is 0 Å². The number of rotatable bonds is 6. The second-order valence-electron chi connectivity index (χ2n) is 3.94. The first kappa shape index (κ1) is 15.9. The summed E-state index contributed by atoms with van der Waals surface area (Å²) >= 11 is 4.83. The molecule has 0 aliphatic rings. The number of hydrogen-bond donors (Lipinski definition) is 3. The van der Waals surface area contributed by atoms with Gasteiger partial charge in [0.1, 0.15) is 6.04 Å². The Morgan fingerprint density at radius 2 is 2.26 bits per heavy atom. The number of carboxylic acid groups (broad SMARTS) is 1. The predicted molar refractivity (Wildman–Crippen MR) is 75.1 cm³/mol. The number of carboxylic acids is 1. The van der Waals surface area contributed by atoms with Crippen LogP contribution in [0.2, 0.25) is 0 Å². The smallest absolute Gasteiger partial charge is 0.326 e. The molecule has 6 nitrogen and oxygen atoms in total. The maximum absolute atomic E-state index is 11.8. The molecular weight excluding hydrogens is 336 g/mol. The van der Waals surface area contributed by atoms with E-state index in [1.54, 1.807) is 7.05 Å². The number of carbonyl (C=O) groups excluding carboxylic acids is 1. The van der Waals surface area contributed by atoms with Crippen molar-refractivity contribution < 1.29 is 19.8 Å². The standard InChI is InChI=1S/C11H15BrN2O4S/c1-14(5-8-4-7(12)6-19-8)11(18)13-9(2-3-15)10(16)17/h4,6,9,15H,2-3,5H2,1H3,(H,13,18)(H,16,17)/t9-/m0/s1. The molecule has 106 valence electrons. The molecular formula is C11H15BrN2O4S. The molecule has 1 atom stereocenters. The Bertz CT molecular complexity index is 452. The van der Waals surface area contributed by atoms with Crippen molar-refractivity contribution in [3.63, 3.8) is 0 Å². The number of urea groups is 1. The number of nitrogens with zero attached hydrogens (tertiary/aromatic N) is 1. The second kappa shape index (κ2) is 7.46. The van der Waals surface area contributed by atoms with Crippen molar-refractivity contribution in [3.05, 3.63) is 20.8 Å². The van der Waals surface area contributed by atoms with Gasteiger partial charge in [-0.1, -0.05) is 0 Å². The van der Waals surface area contributed by atoms with Crippen LogP contribution < -0.4 is 5.32 Å². The summed E-state index contributed by atoms with van der Waals surface area (Å²) in [6.07, 6.45) is -0.0144. The van der Waals surface area contributed by atoms with Crippen molar-refractivity contribution >= 4 is 39.3 Å². The first-order chi connectivity index (χ1) is 8.93. The summed E-state index contributed by atoms with van der Waals surface area (Å²) in [5.41, 5.74) is 0. The lowest BCUT2D eigenvalue weighted by molar-refractivity contribution is -0.139. The zero-order chi connectivity index (χ0) is 14.4. The van der Waals surface area contributed by atoms with Crippen LogP contribution in [0.3, 0.4) is 0 Å². The van der Waals surface area contributed by atoms with E-state index in [2.05, 4.69) is 21.2 Å². The molecule has 0 radical (unpaired) electrons. The lowest BCUT2D eigenvalue weighted by atomic mass is 10.2. The van der Waals surface area contributed by atoms with Crippen molar-refractivity contribution in [2.45, 2.75) is 19.0 Å². The molecule has 1 heterocycles. The first-order valence-corrected chi connectivity index (χ1v) is 7.19. The van der Waals surface area contributed by atoms with Gasteiger partial charge in [-0.2, -0.15) is 0 Å². The molecule has 1 aromatic heterocycles. The number of carbonyl (C=O) groups is 2. The van der Waals surface area contributed by atoms with Crippen LogP contribution in [0.15, 0.2) is 15.9 Å². The van der Waals surface area contributed by atoms with E-state index < -0.39 is 18.0 Å². The molecule has 8 heteroatoms. The van der Waals surface area contributed by atoms with Crippen LogP contribution in [0.5, 0.6) is 0 Å². The van der Waals surface area contributed by atoms with Gasteiger partial charge in [-0.25, -0.2) is 9.59 Å². The van der Waals surface area contributed by atoms with Gasteiger partial charge in [-0.3, -0.25) is 0 Å². The Labute approximate surface area is 123 Å². The monoisotopic (exact) mass is 350 g/mol. The van der Waals surface area contributed by atoms with Gasteiger partial charge >= 0.3 is 12.0 Å². The number of nitrogens with one attached hydrogen (secondary N) is 1. The molecule has 0 spiro atoms. The molecule has 19 heavy (non-hydrogen) atoms. The number of amides is 2. The third-order valence-corrected chi connectivity index (χ3v) is 4.06. The van der Waals surface area contributed by atoms with Crippen molar-refractivity contribution in [3.8, 4) is 0 Å². The van der Waals surface area contributed by atoms with E-state index >= 15 is 0 Å². The summed E-state index contributed by atoms with van der Waals surface area (Å²) in [4.78, 5) is 25.0. The first-order valence-electron chi connectivity index (χ1n) is 5.52. The minimum Gasteiger partial charge on any atom is -0.480 e. The maximum Gasteiger partial charge on any atom is 0.326 e. The highest BCUT2D eigenvalue weighted by Crippen LogP contribution is 2.20. The average molecular weight is 351 g/mol. The Morgan fingerprint density at radius 3 is 2.74 bits per heavy atom. The Kier molecular flexibility index (Phi) is 6.26. The van der Waals surface area contributed by atoms with Gasteiger partial charge in [0.05, 0.1) is 6.54 Å². The van der Waals surface area contributed by atoms with Gasteiger partial charge in [0.15, 0.2) is 0 Å². The van der Waals surface area contributed by atoms with E-state index in [-0.39, 0.29) is 13.0 Å².